The summed E-state index contributed by atoms with van der Waals surface area (Å²) in [5.74, 6) is -0.732. The summed E-state index contributed by atoms with van der Waals surface area (Å²) in [6.07, 6.45) is 0. The Kier molecular flexibility index (Phi) is 4.86. The molecule has 22 heavy (non-hydrogen) atoms. The zero-order valence-electron chi connectivity index (χ0n) is 13.0. The van der Waals surface area contributed by atoms with E-state index in [1.165, 1.54) is 0 Å². The minimum atomic E-state index is -3.63. The molecule has 1 N–H and O–H groups in total. The zero-order chi connectivity index (χ0) is 16.3. The highest BCUT2D eigenvalue weighted by Crippen LogP contribution is 2.19. The van der Waals surface area contributed by atoms with Gasteiger partial charge in [-0.25, -0.2) is 8.42 Å². The number of hydrogen-bond donors (Lipinski definition) is 1. The quantitative estimate of drug-likeness (QED) is 0.921. The Morgan fingerprint density at radius 1 is 1.05 bits per heavy atom. The van der Waals surface area contributed by atoms with Gasteiger partial charge in [0.25, 0.3) is 0 Å². The van der Waals surface area contributed by atoms with Crippen LogP contribution in [0.1, 0.15) is 20.8 Å². The van der Waals surface area contributed by atoms with E-state index in [0.717, 1.165) is 10.8 Å². The Balaban J connectivity index is 2.20. The molecular weight excluding hydrogens is 298 g/mol. The minimum absolute atomic E-state index is 0.0562. The largest absolute Gasteiger partial charge is 0.353 e. The zero-order valence-corrected chi connectivity index (χ0v) is 13.9. The second-order valence-electron chi connectivity index (χ2n) is 5.87. The monoisotopic (exact) mass is 319 g/mol. The minimum Gasteiger partial charge on any atom is -0.353 e. The predicted octanol–water partition coefficient (Wildman–Crippen LogP) is 2.77. The summed E-state index contributed by atoms with van der Waals surface area (Å²) in [6.45, 7) is 5.82. The van der Waals surface area contributed by atoms with Gasteiger partial charge < -0.3 is 5.32 Å². The molecule has 1 unspecified atom stereocenters. The van der Waals surface area contributed by atoms with E-state index in [9.17, 15) is 13.2 Å². The van der Waals surface area contributed by atoms with Crippen LogP contribution in [0.2, 0.25) is 0 Å². The summed E-state index contributed by atoms with van der Waals surface area (Å²) in [5.41, 5.74) is 0. The lowest BCUT2D eigenvalue weighted by Gasteiger charge is -2.17. The van der Waals surface area contributed by atoms with Crippen LogP contribution in [0.3, 0.4) is 0 Å². The average molecular weight is 319 g/mol. The van der Waals surface area contributed by atoms with Crippen LogP contribution >= 0.6 is 0 Å². The van der Waals surface area contributed by atoms with Crippen molar-refractivity contribution in [1.29, 1.82) is 0 Å². The summed E-state index contributed by atoms with van der Waals surface area (Å²) in [4.78, 5) is 12.1. The molecule has 0 saturated heterocycles. The SMILES string of the molecule is CC(C)C(C)NC(=O)CS(=O)(=O)c1ccc2ccccc2c1. The van der Waals surface area contributed by atoms with Gasteiger partial charge in [-0.2, -0.15) is 0 Å². The Labute approximate surface area is 131 Å². The van der Waals surface area contributed by atoms with E-state index in [4.69, 9.17) is 0 Å². The van der Waals surface area contributed by atoms with Gasteiger partial charge in [0.05, 0.1) is 4.90 Å². The molecule has 0 aromatic heterocycles. The Morgan fingerprint density at radius 3 is 2.32 bits per heavy atom. The van der Waals surface area contributed by atoms with Crippen LogP contribution in [0.25, 0.3) is 10.8 Å². The van der Waals surface area contributed by atoms with Gasteiger partial charge in [0.1, 0.15) is 5.75 Å². The molecular formula is C17H21NO3S. The molecule has 0 aliphatic heterocycles. The van der Waals surface area contributed by atoms with Crippen molar-refractivity contribution < 1.29 is 13.2 Å². The second-order valence-corrected chi connectivity index (χ2v) is 7.86. The molecule has 5 heteroatoms. The Morgan fingerprint density at radius 2 is 1.68 bits per heavy atom. The Hall–Kier alpha value is -1.88. The highest BCUT2D eigenvalue weighted by Gasteiger charge is 2.21. The number of fused-ring (bicyclic) bond motifs is 1. The van der Waals surface area contributed by atoms with Gasteiger partial charge in [-0.3, -0.25) is 4.79 Å². The smallest absolute Gasteiger partial charge is 0.235 e. The van der Waals surface area contributed by atoms with Crippen molar-refractivity contribution in [1.82, 2.24) is 5.32 Å². The second kappa shape index (κ2) is 6.48. The third-order valence-electron chi connectivity index (χ3n) is 3.79. The number of benzene rings is 2. The summed E-state index contributed by atoms with van der Waals surface area (Å²) in [5, 5.41) is 4.54. The van der Waals surface area contributed by atoms with E-state index < -0.39 is 21.5 Å². The highest BCUT2D eigenvalue weighted by molar-refractivity contribution is 7.92. The summed E-state index contributed by atoms with van der Waals surface area (Å²) in [6, 6.07) is 12.4. The number of amides is 1. The average Bonchev–Trinajstić information content (AvgIpc) is 2.45. The summed E-state index contributed by atoms with van der Waals surface area (Å²) < 4.78 is 24.8. The van der Waals surface area contributed by atoms with Gasteiger partial charge in [-0.05, 0) is 35.7 Å². The standard InChI is InChI=1S/C17H21NO3S/c1-12(2)13(3)18-17(19)11-22(20,21)16-9-8-14-6-4-5-7-15(14)10-16/h4-10,12-13H,11H2,1-3H3,(H,18,19). The van der Waals surface area contributed by atoms with Crippen molar-refractivity contribution in [2.24, 2.45) is 5.92 Å². The van der Waals surface area contributed by atoms with E-state index in [1.54, 1.807) is 18.2 Å². The highest BCUT2D eigenvalue weighted by atomic mass is 32.2. The first-order chi connectivity index (χ1) is 10.3. The molecule has 1 atom stereocenters. The fourth-order valence-corrected chi connectivity index (χ4v) is 3.26. The number of carbonyl (C=O) groups is 1. The summed E-state index contributed by atoms with van der Waals surface area (Å²) in [7, 11) is -3.63. The van der Waals surface area contributed by atoms with Crippen LogP contribution < -0.4 is 5.32 Å². The van der Waals surface area contributed by atoms with E-state index in [0.29, 0.717) is 0 Å². The lowest BCUT2D eigenvalue weighted by atomic mass is 10.1. The van der Waals surface area contributed by atoms with Gasteiger partial charge in [-0.1, -0.05) is 44.2 Å². The van der Waals surface area contributed by atoms with Crippen molar-refractivity contribution in [3.05, 3.63) is 42.5 Å². The molecule has 2 aromatic carbocycles. The van der Waals surface area contributed by atoms with Gasteiger partial charge >= 0.3 is 0 Å². The fourth-order valence-electron chi connectivity index (χ4n) is 2.08. The number of carbonyl (C=O) groups excluding carboxylic acids is 1. The van der Waals surface area contributed by atoms with Crippen molar-refractivity contribution in [2.45, 2.75) is 31.7 Å². The van der Waals surface area contributed by atoms with Crippen molar-refractivity contribution in [3.8, 4) is 0 Å². The maximum atomic E-state index is 12.4. The lowest BCUT2D eigenvalue weighted by Crippen LogP contribution is -2.39. The van der Waals surface area contributed by atoms with Gasteiger partial charge in [0.15, 0.2) is 9.84 Å². The van der Waals surface area contributed by atoms with Crippen molar-refractivity contribution in [3.63, 3.8) is 0 Å². The number of rotatable bonds is 5. The number of sulfone groups is 1. The molecule has 0 fully saturated rings. The maximum Gasteiger partial charge on any atom is 0.235 e. The maximum absolute atomic E-state index is 12.4. The van der Waals surface area contributed by atoms with E-state index in [1.807, 2.05) is 45.0 Å². The lowest BCUT2D eigenvalue weighted by molar-refractivity contribution is -0.119. The topological polar surface area (TPSA) is 63.2 Å². The molecule has 118 valence electrons. The third kappa shape index (κ3) is 3.85. The molecule has 1 amide bonds. The Bertz CT molecular complexity index is 781. The molecule has 0 aliphatic rings. The molecule has 2 aromatic rings. The third-order valence-corrected chi connectivity index (χ3v) is 5.40. The fraction of sp³-hybridized carbons (Fsp3) is 0.353. The van der Waals surface area contributed by atoms with Gasteiger partial charge in [0, 0.05) is 6.04 Å². The molecule has 0 spiro atoms. The normalized spacial score (nSPS) is 13.3. The van der Waals surface area contributed by atoms with E-state index in [2.05, 4.69) is 5.32 Å². The number of nitrogens with one attached hydrogen (secondary N) is 1. The number of hydrogen-bond acceptors (Lipinski definition) is 3. The van der Waals surface area contributed by atoms with Crippen LogP contribution in [-0.2, 0) is 14.6 Å². The predicted molar refractivity (Wildman–Crippen MR) is 88.4 cm³/mol. The van der Waals surface area contributed by atoms with Gasteiger partial charge in [-0.15, -0.1) is 0 Å². The first-order valence-corrected chi connectivity index (χ1v) is 8.96. The molecule has 0 heterocycles. The molecule has 4 nitrogen and oxygen atoms in total. The first kappa shape index (κ1) is 16.5. The summed E-state index contributed by atoms with van der Waals surface area (Å²) >= 11 is 0. The van der Waals surface area contributed by atoms with Gasteiger partial charge in [0.2, 0.25) is 5.91 Å². The van der Waals surface area contributed by atoms with Crippen LogP contribution in [-0.4, -0.2) is 26.1 Å². The molecule has 2 rings (SSSR count). The molecule has 0 radical (unpaired) electrons. The van der Waals surface area contributed by atoms with E-state index in [-0.39, 0.29) is 16.9 Å². The first-order valence-electron chi connectivity index (χ1n) is 7.30. The molecule has 0 aliphatic carbocycles. The van der Waals surface area contributed by atoms with Crippen LogP contribution in [0.15, 0.2) is 47.4 Å². The van der Waals surface area contributed by atoms with Crippen molar-refractivity contribution >= 4 is 26.5 Å². The van der Waals surface area contributed by atoms with Crippen LogP contribution in [0.5, 0.6) is 0 Å². The van der Waals surface area contributed by atoms with Crippen molar-refractivity contribution in [2.75, 3.05) is 5.75 Å². The molecule has 0 saturated carbocycles. The van der Waals surface area contributed by atoms with E-state index >= 15 is 0 Å². The molecule has 0 bridgehead atoms. The van der Waals surface area contributed by atoms with Crippen LogP contribution in [0, 0.1) is 5.92 Å². The van der Waals surface area contributed by atoms with Crippen LogP contribution in [0.4, 0.5) is 0 Å².